The molecule has 2 amide bonds. The normalized spacial score (nSPS) is 11.1. The summed E-state index contributed by atoms with van der Waals surface area (Å²) in [5.74, 6) is -2.09. The van der Waals surface area contributed by atoms with Gasteiger partial charge < -0.3 is 25.3 Å². The van der Waals surface area contributed by atoms with Gasteiger partial charge in [-0.15, -0.1) is 0 Å². The Morgan fingerprint density at radius 2 is 1.68 bits per heavy atom. The Morgan fingerprint density at radius 1 is 1.00 bits per heavy atom. The summed E-state index contributed by atoms with van der Waals surface area (Å²) in [6, 6.07) is 15.9. The molecule has 0 spiro atoms. The van der Waals surface area contributed by atoms with Gasteiger partial charge in [0.25, 0.3) is 5.91 Å². The zero-order chi connectivity index (χ0) is 20.4. The van der Waals surface area contributed by atoms with Gasteiger partial charge >= 0.3 is 0 Å². The molecule has 2 rings (SSSR count). The van der Waals surface area contributed by atoms with Crippen LogP contribution in [0, 0.1) is 0 Å². The Kier molecular flexibility index (Phi) is 7.53. The summed E-state index contributed by atoms with van der Waals surface area (Å²) in [6.07, 6.45) is 4.31. The highest BCUT2D eigenvalue weighted by molar-refractivity contribution is 6.04. The van der Waals surface area contributed by atoms with Crippen molar-refractivity contribution in [1.29, 1.82) is 0 Å². The fourth-order valence-electron chi connectivity index (χ4n) is 2.18. The smallest absolute Gasteiger partial charge is 0.268 e. The maximum atomic E-state index is 12.3. The molecule has 0 aromatic heterocycles. The van der Waals surface area contributed by atoms with E-state index in [9.17, 15) is 19.5 Å². The number of hydrogen-bond donors (Lipinski definition) is 2. The first-order chi connectivity index (χ1) is 13.5. The quantitative estimate of drug-likeness (QED) is 0.658. The Labute approximate surface area is 162 Å². The summed E-state index contributed by atoms with van der Waals surface area (Å²) in [5, 5.41) is 15.2. The van der Waals surface area contributed by atoms with E-state index in [1.165, 1.54) is 19.3 Å². The molecule has 0 aliphatic heterocycles. The van der Waals surface area contributed by atoms with Crippen molar-refractivity contribution < 1.29 is 24.2 Å². The lowest BCUT2D eigenvalue weighted by molar-refractivity contribution is -0.303. The molecule has 0 unspecified atom stereocenters. The number of carboxylic acids is 1. The second-order valence-electron chi connectivity index (χ2n) is 5.62. The van der Waals surface area contributed by atoms with Crippen molar-refractivity contribution in [3.63, 3.8) is 0 Å². The minimum absolute atomic E-state index is 0.103. The summed E-state index contributed by atoms with van der Waals surface area (Å²) in [4.78, 5) is 35.0. The third-order valence-corrected chi connectivity index (χ3v) is 3.55. The largest absolute Gasteiger partial charge is 0.548 e. The average molecular weight is 379 g/mol. The molecule has 7 heteroatoms. The number of carbonyl (C=O) groups is 3. The highest BCUT2D eigenvalue weighted by Gasteiger charge is 2.12. The van der Waals surface area contributed by atoms with E-state index in [0.717, 1.165) is 5.56 Å². The van der Waals surface area contributed by atoms with Crippen molar-refractivity contribution in [2.45, 2.75) is 0 Å². The second-order valence-corrected chi connectivity index (χ2v) is 5.62. The zero-order valence-corrected chi connectivity index (χ0v) is 15.2. The number of carbonyl (C=O) groups excluding carboxylic acids is 3. The minimum atomic E-state index is -1.44. The molecule has 0 atom stereocenters. The number of methoxy groups -OCH3 is 1. The number of ether oxygens (including phenoxy) is 1. The molecule has 28 heavy (non-hydrogen) atoms. The summed E-state index contributed by atoms with van der Waals surface area (Å²) in [7, 11) is 1.53. The Balaban J connectivity index is 2.17. The van der Waals surface area contributed by atoms with Gasteiger partial charge in [0.1, 0.15) is 11.4 Å². The molecular weight excluding hydrogens is 360 g/mol. The van der Waals surface area contributed by atoms with Crippen molar-refractivity contribution >= 4 is 29.9 Å². The van der Waals surface area contributed by atoms with Gasteiger partial charge in [-0.2, -0.15) is 0 Å². The van der Waals surface area contributed by atoms with Gasteiger partial charge in [0.2, 0.25) is 5.91 Å². The standard InChI is InChI=1S/C21H20N2O5/c1-28-17-10-7-16(8-11-17)13-18(21(27)22-14-20(25)26)23-19(24)12-9-15-5-3-2-4-6-15/h2-13H,14H2,1H3,(H,22,27)(H,23,24)(H,25,26)/p-1/b12-9+,18-13+. The van der Waals surface area contributed by atoms with E-state index in [0.29, 0.717) is 11.3 Å². The first-order valence-electron chi connectivity index (χ1n) is 8.36. The molecule has 0 bridgehead atoms. The van der Waals surface area contributed by atoms with Gasteiger partial charge in [0.05, 0.1) is 19.6 Å². The van der Waals surface area contributed by atoms with Crippen molar-refractivity contribution in [3.05, 3.63) is 77.5 Å². The van der Waals surface area contributed by atoms with Crippen LogP contribution in [-0.4, -0.2) is 31.4 Å². The molecular formula is C21H19N2O5-. The van der Waals surface area contributed by atoms with Crippen LogP contribution in [0.2, 0.25) is 0 Å². The highest BCUT2D eigenvalue weighted by atomic mass is 16.5. The Hall–Kier alpha value is -3.87. The number of carboxylic acid groups (broad SMARTS) is 1. The lowest BCUT2D eigenvalue weighted by Crippen LogP contribution is -2.41. The first-order valence-corrected chi connectivity index (χ1v) is 8.36. The van der Waals surface area contributed by atoms with Crippen LogP contribution in [0.25, 0.3) is 12.2 Å². The lowest BCUT2D eigenvalue weighted by Gasteiger charge is -2.10. The summed E-state index contributed by atoms with van der Waals surface area (Å²) in [6.45, 7) is -0.672. The molecule has 0 fully saturated rings. The van der Waals surface area contributed by atoms with E-state index in [2.05, 4.69) is 10.6 Å². The van der Waals surface area contributed by atoms with Gasteiger partial charge in [-0.25, -0.2) is 0 Å². The van der Waals surface area contributed by atoms with E-state index in [1.54, 1.807) is 30.3 Å². The number of aliphatic carboxylic acids is 1. The molecule has 0 saturated carbocycles. The van der Waals surface area contributed by atoms with Crippen LogP contribution in [0.1, 0.15) is 11.1 Å². The summed E-state index contributed by atoms with van der Waals surface area (Å²) >= 11 is 0. The van der Waals surface area contributed by atoms with E-state index in [1.807, 2.05) is 30.3 Å². The van der Waals surface area contributed by atoms with Crippen molar-refractivity contribution in [2.24, 2.45) is 0 Å². The van der Waals surface area contributed by atoms with E-state index in [-0.39, 0.29) is 5.70 Å². The maximum Gasteiger partial charge on any atom is 0.268 e. The first kappa shape index (κ1) is 20.4. The van der Waals surface area contributed by atoms with Crippen LogP contribution in [0.15, 0.2) is 66.4 Å². The molecule has 0 saturated heterocycles. The Morgan fingerprint density at radius 3 is 2.29 bits per heavy atom. The maximum absolute atomic E-state index is 12.3. The molecule has 2 N–H and O–H groups in total. The number of amides is 2. The lowest BCUT2D eigenvalue weighted by atomic mass is 10.1. The third-order valence-electron chi connectivity index (χ3n) is 3.55. The molecule has 144 valence electrons. The van der Waals surface area contributed by atoms with Crippen LogP contribution in [0.4, 0.5) is 0 Å². The number of hydrogen-bond acceptors (Lipinski definition) is 5. The average Bonchev–Trinajstić information content (AvgIpc) is 2.71. The summed E-state index contributed by atoms with van der Waals surface area (Å²) < 4.78 is 5.07. The predicted molar refractivity (Wildman–Crippen MR) is 103 cm³/mol. The van der Waals surface area contributed by atoms with Gasteiger partial charge in [-0.05, 0) is 35.4 Å². The van der Waals surface area contributed by atoms with E-state index >= 15 is 0 Å². The van der Waals surface area contributed by atoms with Gasteiger partial charge in [0, 0.05) is 6.08 Å². The van der Waals surface area contributed by atoms with Crippen LogP contribution in [-0.2, 0) is 14.4 Å². The molecule has 0 aliphatic rings. The monoisotopic (exact) mass is 379 g/mol. The topological polar surface area (TPSA) is 108 Å². The number of nitrogens with one attached hydrogen (secondary N) is 2. The van der Waals surface area contributed by atoms with Crippen molar-refractivity contribution in [2.75, 3.05) is 13.7 Å². The van der Waals surface area contributed by atoms with E-state index < -0.39 is 24.3 Å². The van der Waals surface area contributed by atoms with Crippen molar-refractivity contribution in [3.8, 4) is 5.75 Å². The van der Waals surface area contributed by atoms with Gasteiger partial charge in [0.15, 0.2) is 0 Å². The Bertz CT molecular complexity index is 887. The van der Waals surface area contributed by atoms with Gasteiger partial charge in [-0.1, -0.05) is 42.5 Å². The van der Waals surface area contributed by atoms with Crippen molar-refractivity contribution in [1.82, 2.24) is 10.6 Å². The molecule has 2 aromatic carbocycles. The second kappa shape index (κ2) is 10.3. The molecule has 7 nitrogen and oxygen atoms in total. The summed E-state index contributed by atoms with van der Waals surface area (Å²) in [5.41, 5.74) is 1.33. The van der Waals surface area contributed by atoms with Crippen LogP contribution in [0.3, 0.4) is 0 Å². The van der Waals surface area contributed by atoms with Crippen LogP contribution in [0.5, 0.6) is 5.75 Å². The molecule has 0 radical (unpaired) electrons. The zero-order valence-electron chi connectivity index (χ0n) is 15.2. The van der Waals surface area contributed by atoms with Crippen LogP contribution < -0.4 is 20.5 Å². The molecule has 2 aromatic rings. The van der Waals surface area contributed by atoms with Gasteiger partial charge in [-0.3, -0.25) is 9.59 Å². The fourth-order valence-corrected chi connectivity index (χ4v) is 2.18. The van der Waals surface area contributed by atoms with Crippen LogP contribution >= 0.6 is 0 Å². The number of rotatable bonds is 8. The SMILES string of the molecule is COc1ccc(/C=C(/NC(=O)/C=C/c2ccccc2)C(=O)NCC(=O)[O-])cc1. The molecule has 0 aliphatic carbocycles. The molecule has 0 heterocycles. The fraction of sp³-hybridized carbons (Fsp3) is 0.0952. The minimum Gasteiger partial charge on any atom is -0.548 e. The third kappa shape index (κ3) is 6.80. The highest BCUT2D eigenvalue weighted by Crippen LogP contribution is 2.13. The van der Waals surface area contributed by atoms with E-state index in [4.69, 9.17) is 4.74 Å². The number of benzene rings is 2. The predicted octanol–water partition coefficient (Wildman–Crippen LogP) is 0.732.